The van der Waals surface area contributed by atoms with Crippen LogP contribution in [0.2, 0.25) is 0 Å². The number of unbranched alkanes of at least 4 members (excludes halogenated alkanes) is 3. The van der Waals surface area contributed by atoms with Crippen LogP contribution in [0.15, 0.2) is 72.8 Å². The number of nitrogens with zero attached hydrogens (tertiary/aromatic N) is 4. The van der Waals surface area contributed by atoms with E-state index in [0.29, 0.717) is 23.6 Å². The van der Waals surface area contributed by atoms with E-state index in [1.54, 1.807) is 12.1 Å². The highest BCUT2D eigenvalue weighted by Crippen LogP contribution is 2.36. The largest absolute Gasteiger partial charge is 0.341 e. The summed E-state index contributed by atoms with van der Waals surface area (Å²) in [4.78, 5) is 29.3. The monoisotopic (exact) mass is 610 g/mol. The van der Waals surface area contributed by atoms with Crippen molar-refractivity contribution in [2.24, 2.45) is 5.92 Å². The molecule has 0 radical (unpaired) electrons. The van der Waals surface area contributed by atoms with Gasteiger partial charge in [-0.05, 0) is 73.9 Å². The molecule has 1 unspecified atom stereocenters. The lowest BCUT2D eigenvalue weighted by molar-refractivity contribution is -0.893. The number of benzene rings is 3. The van der Waals surface area contributed by atoms with Crippen LogP contribution in [-0.2, 0) is 12.8 Å². The van der Waals surface area contributed by atoms with Gasteiger partial charge in [-0.15, -0.1) is 0 Å². The Balaban J connectivity index is 1.01. The summed E-state index contributed by atoms with van der Waals surface area (Å²) in [6.07, 6.45) is 8.00. The van der Waals surface area contributed by atoms with Crippen LogP contribution in [0.5, 0.6) is 0 Å². The Morgan fingerprint density at radius 1 is 0.600 bits per heavy atom. The molecular formula is C39H54N4O2+2. The molecule has 2 amide bonds. The molecule has 240 valence electrons. The highest BCUT2D eigenvalue weighted by atomic mass is 16.2. The van der Waals surface area contributed by atoms with Crippen molar-refractivity contribution >= 4 is 23.2 Å². The number of amides is 2. The van der Waals surface area contributed by atoms with E-state index in [4.69, 9.17) is 0 Å². The van der Waals surface area contributed by atoms with Crippen molar-refractivity contribution in [1.29, 1.82) is 0 Å². The van der Waals surface area contributed by atoms with Crippen LogP contribution >= 0.6 is 0 Å². The number of anilines is 2. The molecule has 0 fully saturated rings. The minimum atomic E-state index is -0.144. The molecule has 45 heavy (non-hydrogen) atoms. The van der Waals surface area contributed by atoms with Gasteiger partial charge >= 0.3 is 0 Å². The number of carbonyl (C=O) groups excluding carboxylic acids is 2. The first-order valence-corrected chi connectivity index (χ1v) is 17.1. The molecule has 0 aromatic heterocycles. The van der Waals surface area contributed by atoms with Gasteiger partial charge < -0.3 is 13.9 Å². The van der Waals surface area contributed by atoms with E-state index in [1.807, 2.05) is 12.1 Å². The number of rotatable bonds is 15. The van der Waals surface area contributed by atoms with Gasteiger partial charge in [0.05, 0.1) is 65.5 Å². The van der Waals surface area contributed by atoms with E-state index in [1.165, 1.54) is 59.6 Å². The number of aryl methyl sites for hydroxylation is 2. The first-order valence-electron chi connectivity index (χ1n) is 17.1. The predicted octanol–water partition coefficient (Wildman–Crippen LogP) is 6.96. The summed E-state index contributed by atoms with van der Waals surface area (Å²) in [6.45, 7) is 8.40. The predicted molar refractivity (Wildman–Crippen MR) is 185 cm³/mol. The Bertz CT molecular complexity index is 1400. The van der Waals surface area contributed by atoms with Gasteiger partial charge in [-0.3, -0.25) is 14.5 Å². The number of quaternary nitrogens is 2. The Morgan fingerprint density at radius 2 is 1.07 bits per heavy atom. The van der Waals surface area contributed by atoms with Crippen molar-refractivity contribution in [3.8, 4) is 0 Å². The fraction of sp³-hybridized carbons (Fsp3) is 0.487. The zero-order chi connectivity index (χ0) is 32.0. The maximum atomic E-state index is 12.7. The highest BCUT2D eigenvalue weighted by Gasteiger charge is 2.35. The number of imide groups is 1. The molecule has 2 heterocycles. The summed E-state index contributed by atoms with van der Waals surface area (Å²) in [5.41, 5.74) is 6.76. The van der Waals surface area contributed by atoms with Crippen molar-refractivity contribution in [2.75, 3.05) is 72.4 Å². The van der Waals surface area contributed by atoms with E-state index in [2.05, 4.69) is 88.5 Å². The summed E-state index contributed by atoms with van der Waals surface area (Å²) in [5, 5.41) is 0. The fourth-order valence-electron chi connectivity index (χ4n) is 7.52. The van der Waals surface area contributed by atoms with Gasteiger partial charge in [0.1, 0.15) is 0 Å². The summed E-state index contributed by atoms with van der Waals surface area (Å²) >= 11 is 0. The molecule has 0 aliphatic carbocycles. The molecule has 1 atom stereocenters. The molecule has 2 aliphatic rings. The summed E-state index contributed by atoms with van der Waals surface area (Å²) in [6, 6.07) is 25.1. The van der Waals surface area contributed by atoms with Gasteiger partial charge in [-0.1, -0.05) is 55.5 Å². The SMILES string of the molecule is CC(CN1c2ccccc2CCc2ccccc21)C[N+](C)(C)CCCCCC[N+](C)(C)CCCN1C(=O)c2ccccc2C1=O. The Morgan fingerprint density at radius 3 is 1.62 bits per heavy atom. The van der Waals surface area contributed by atoms with Crippen LogP contribution in [0, 0.1) is 5.92 Å². The Hall–Kier alpha value is -3.48. The number of para-hydroxylation sites is 2. The average molecular weight is 611 g/mol. The van der Waals surface area contributed by atoms with Crippen molar-refractivity contribution in [1.82, 2.24) is 4.90 Å². The maximum Gasteiger partial charge on any atom is 0.261 e. The zero-order valence-corrected chi connectivity index (χ0v) is 28.3. The molecule has 0 saturated heterocycles. The number of fused-ring (bicyclic) bond motifs is 3. The molecule has 0 saturated carbocycles. The summed E-state index contributed by atoms with van der Waals surface area (Å²) < 4.78 is 1.97. The summed E-state index contributed by atoms with van der Waals surface area (Å²) in [7, 11) is 9.33. The second-order valence-electron chi connectivity index (χ2n) is 14.8. The minimum Gasteiger partial charge on any atom is -0.341 e. The summed E-state index contributed by atoms with van der Waals surface area (Å²) in [5.74, 6) is 0.279. The van der Waals surface area contributed by atoms with Gasteiger partial charge in [0, 0.05) is 36.8 Å². The van der Waals surface area contributed by atoms with Crippen LogP contribution in [0.25, 0.3) is 0 Å². The number of hydrogen-bond acceptors (Lipinski definition) is 3. The normalized spacial score (nSPS) is 15.5. The molecule has 3 aromatic carbocycles. The van der Waals surface area contributed by atoms with Crippen molar-refractivity contribution in [2.45, 2.75) is 51.9 Å². The third-order valence-electron chi connectivity index (χ3n) is 9.83. The van der Waals surface area contributed by atoms with Crippen molar-refractivity contribution in [3.05, 3.63) is 95.1 Å². The first-order chi connectivity index (χ1) is 21.5. The lowest BCUT2D eigenvalue weighted by Crippen LogP contribution is -2.45. The second kappa shape index (κ2) is 14.3. The van der Waals surface area contributed by atoms with Gasteiger partial charge in [0.25, 0.3) is 11.8 Å². The zero-order valence-electron chi connectivity index (χ0n) is 28.3. The fourth-order valence-corrected chi connectivity index (χ4v) is 7.52. The van der Waals surface area contributed by atoms with E-state index in [9.17, 15) is 9.59 Å². The third kappa shape index (κ3) is 8.22. The molecule has 0 bridgehead atoms. The molecule has 5 rings (SSSR count). The average Bonchev–Trinajstić information content (AvgIpc) is 3.15. The van der Waals surface area contributed by atoms with E-state index in [0.717, 1.165) is 54.4 Å². The number of hydrogen-bond donors (Lipinski definition) is 0. The van der Waals surface area contributed by atoms with Crippen molar-refractivity contribution < 1.29 is 18.6 Å². The highest BCUT2D eigenvalue weighted by molar-refractivity contribution is 6.21. The van der Waals surface area contributed by atoms with Gasteiger partial charge in [-0.2, -0.15) is 0 Å². The molecule has 0 spiro atoms. The lowest BCUT2D eigenvalue weighted by atomic mass is 10.0. The lowest BCUT2D eigenvalue weighted by Gasteiger charge is -2.35. The molecule has 0 N–H and O–H groups in total. The molecular weight excluding hydrogens is 556 g/mol. The second-order valence-corrected chi connectivity index (χ2v) is 14.8. The van der Waals surface area contributed by atoms with Gasteiger partial charge in [-0.25, -0.2) is 0 Å². The van der Waals surface area contributed by atoms with Crippen LogP contribution in [-0.4, -0.2) is 93.1 Å². The Kier molecular flexibility index (Phi) is 10.5. The van der Waals surface area contributed by atoms with Crippen LogP contribution < -0.4 is 4.90 Å². The van der Waals surface area contributed by atoms with Crippen LogP contribution in [0.4, 0.5) is 11.4 Å². The molecule has 6 nitrogen and oxygen atoms in total. The smallest absolute Gasteiger partial charge is 0.261 e. The van der Waals surface area contributed by atoms with E-state index >= 15 is 0 Å². The standard InChI is InChI=1S/C39H54N4O2/c1-31(29-41-36-21-12-8-17-32(36)23-24-33-18-9-13-22-37(33)41)30-43(4,5)27-15-7-6-14-26-42(2,3)28-16-25-40-38(44)34-19-10-11-20-35(34)39(40)45/h8-13,17-22,31H,6-7,14-16,23-30H2,1-5H3/q+2. The maximum absolute atomic E-state index is 12.7. The van der Waals surface area contributed by atoms with Crippen LogP contribution in [0.1, 0.15) is 70.9 Å². The molecule has 2 aliphatic heterocycles. The third-order valence-corrected chi connectivity index (χ3v) is 9.83. The van der Waals surface area contributed by atoms with E-state index in [-0.39, 0.29) is 11.8 Å². The minimum absolute atomic E-state index is 0.144. The molecule has 6 heteroatoms. The quantitative estimate of drug-likeness (QED) is 0.106. The first kappa shape index (κ1) is 32.9. The number of carbonyl (C=O) groups is 2. The van der Waals surface area contributed by atoms with Crippen molar-refractivity contribution in [3.63, 3.8) is 0 Å². The van der Waals surface area contributed by atoms with Crippen LogP contribution in [0.3, 0.4) is 0 Å². The van der Waals surface area contributed by atoms with Gasteiger partial charge in [0.15, 0.2) is 0 Å². The van der Waals surface area contributed by atoms with E-state index < -0.39 is 0 Å². The Labute approximate surface area is 271 Å². The topological polar surface area (TPSA) is 40.6 Å². The van der Waals surface area contributed by atoms with Gasteiger partial charge in [0.2, 0.25) is 0 Å². The molecule has 3 aromatic rings.